The standard InChI is InChI=1S/C14H30O/c1-11(2)7-6-8-13(4)14(5)9-12(3)10-15/h11-15H,6-10H2,1-5H3. The third-order valence-corrected chi connectivity index (χ3v) is 3.50. The van der Waals surface area contributed by atoms with E-state index in [1.54, 1.807) is 0 Å². The molecule has 92 valence electrons. The average molecular weight is 214 g/mol. The van der Waals surface area contributed by atoms with Crippen LogP contribution in [0, 0.1) is 23.7 Å². The first kappa shape index (κ1) is 15.0. The first-order valence-electron chi connectivity index (χ1n) is 6.58. The molecule has 0 radical (unpaired) electrons. The van der Waals surface area contributed by atoms with Crippen LogP contribution in [0.2, 0.25) is 0 Å². The molecular weight excluding hydrogens is 184 g/mol. The summed E-state index contributed by atoms with van der Waals surface area (Å²) in [6.07, 6.45) is 5.22. The molecule has 0 amide bonds. The fourth-order valence-corrected chi connectivity index (χ4v) is 2.07. The molecule has 0 spiro atoms. The highest BCUT2D eigenvalue weighted by Crippen LogP contribution is 2.24. The van der Waals surface area contributed by atoms with Crippen molar-refractivity contribution in [1.82, 2.24) is 0 Å². The predicted octanol–water partition coefficient (Wildman–Crippen LogP) is 4.10. The van der Waals surface area contributed by atoms with Gasteiger partial charge in [0.25, 0.3) is 0 Å². The van der Waals surface area contributed by atoms with E-state index >= 15 is 0 Å². The minimum absolute atomic E-state index is 0.336. The molecule has 3 unspecified atom stereocenters. The van der Waals surface area contributed by atoms with Gasteiger partial charge in [-0.25, -0.2) is 0 Å². The van der Waals surface area contributed by atoms with Gasteiger partial charge in [0.2, 0.25) is 0 Å². The van der Waals surface area contributed by atoms with E-state index in [2.05, 4.69) is 34.6 Å². The van der Waals surface area contributed by atoms with Gasteiger partial charge in [-0.15, -0.1) is 0 Å². The van der Waals surface area contributed by atoms with Gasteiger partial charge >= 0.3 is 0 Å². The lowest BCUT2D eigenvalue weighted by molar-refractivity contribution is 0.195. The highest BCUT2D eigenvalue weighted by atomic mass is 16.3. The molecule has 0 aliphatic rings. The molecule has 0 heterocycles. The minimum atomic E-state index is 0.336. The van der Waals surface area contributed by atoms with E-state index in [1.165, 1.54) is 25.7 Å². The van der Waals surface area contributed by atoms with E-state index in [9.17, 15) is 0 Å². The Labute approximate surface area is 96.3 Å². The molecule has 0 aromatic heterocycles. The van der Waals surface area contributed by atoms with Crippen LogP contribution in [0.25, 0.3) is 0 Å². The van der Waals surface area contributed by atoms with Crippen LogP contribution in [-0.2, 0) is 0 Å². The summed E-state index contributed by atoms with van der Waals surface area (Å²) < 4.78 is 0. The summed E-state index contributed by atoms with van der Waals surface area (Å²) in [4.78, 5) is 0. The number of aliphatic hydroxyl groups excluding tert-OH is 1. The lowest BCUT2D eigenvalue weighted by Crippen LogP contribution is -2.14. The molecule has 0 saturated carbocycles. The summed E-state index contributed by atoms with van der Waals surface area (Å²) >= 11 is 0. The molecule has 1 nitrogen and oxygen atoms in total. The molecule has 1 heteroatoms. The van der Waals surface area contributed by atoms with Gasteiger partial charge in [-0.05, 0) is 30.1 Å². The van der Waals surface area contributed by atoms with Crippen LogP contribution in [0.5, 0.6) is 0 Å². The molecule has 0 aliphatic heterocycles. The van der Waals surface area contributed by atoms with Crippen LogP contribution in [0.1, 0.15) is 60.3 Å². The van der Waals surface area contributed by atoms with Gasteiger partial charge in [0.1, 0.15) is 0 Å². The van der Waals surface area contributed by atoms with Crippen LogP contribution in [0.15, 0.2) is 0 Å². The summed E-state index contributed by atoms with van der Waals surface area (Å²) in [6.45, 7) is 11.7. The maximum atomic E-state index is 9.01. The second kappa shape index (κ2) is 8.15. The van der Waals surface area contributed by atoms with Crippen molar-refractivity contribution in [2.75, 3.05) is 6.61 Å². The third kappa shape index (κ3) is 7.84. The van der Waals surface area contributed by atoms with Crippen molar-refractivity contribution < 1.29 is 5.11 Å². The van der Waals surface area contributed by atoms with Gasteiger partial charge in [0, 0.05) is 6.61 Å². The molecule has 0 saturated heterocycles. The molecule has 15 heavy (non-hydrogen) atoms. The lowest BCUT2D eigenvalue weighted by atomic mass is 9.84. The van der Waals surface area contributed by atoms with E-state index in [0.29, 0.717) is 12.5 Å². The zero-order chi connectivity index (χ0) is 11.8. The number of aliphatic hydroxyl groups is 1. The molecule has 1 N–H and O–H groups in total. The van der Waals surface area contributed by atoms with Gasteiger partial charge in [-0.3, -0.25) is 0 Å². The van der Waals surface area contributed by atoms with Crippen molar-refractivity contribution in [3.63, 3.8) is 0 Å². The molecule has 3 atom stereocenters. The Morgan fingerprint density at radius 1 is 0.867 bits per heavy atom. The zero-order valence-electron chi connectivity index (χ0n) is 11.3. The van der Waals surface area contributed by atoms with Crippen molar-refractivity contribution in [2.45, 2.75) is 60.3 Å². The lowest BCUT2D eigenvalue weighted by Gasteiger charge is -2.22. The molecule has 0 aromatic rings. The maximum absolute atomic E-state index is 9.01. The molecule has 0 aliphatic carbocycles. The first-order valence-corrected chi connectivity index (χ1v) is 6.58. The molecule has 0 rings (SSSR count). The quantitative estimate of drug-likeness (QED) is 0.645. The monoisotopic (exact) mass is 214 g/mol. The van der Waals surface area contributed by atoms with Gasteiger partial charge in [0.15, 0.2) is 0 Å². The van der Waals surface area contributed by atoms with Crippen LogP contribution in [-0.4, -0.2) is 11.7 Å². The van der Waals surface area contributed by atoms with E-state index in [1.807, 2.05) is 0 Å². The normalized spacial score (nSPS) is 17.8. The number of hydrogen-bond donors (Lipinski definition) is 1. The molecule has 0 bridgehead atoms. The van der Waals surface area contributed by atoms with E-state index < -0.39 is 0 Å². The van der Waals surface area contributed by atoms with Crippen molar-refractivity contribution in [3.05, 3.63) is 0 Å². The Morgan fingerprint density at radius 2 is 1.47 bits per heavy atom. The van der Waals surface area contributed by atoms with Gasteiger partial charge in [-0.1, -0.05) is 53.9 Å². The van der Waals surface area contributed by atoms with Gasteiger partial charge in [0.05, 0.1) is 0 Å². The van der Waals surface area contributed by atoms with Crippen molar-refractivity contribution in [3.8, 4) is 0 Å². The second-order valence-corrected chi connectivity index (χ2v) is 5.80. The van der Waals surface area contributed by atoms with Crippen molar-refractivity contribution >= 4 is 0 Å². The van der Waals surface area contributed by atoms with Crippen LogP contribution in [0.4, 0.5) is 0 Å². The Kier molecular flexibility index (Phi) is 8.13. The van der Waals surface area contributed by atoms with Crippen LogP contribution < -0.4 is 0 Å². The Morgan fingerprint density at radius 3 is 1.93 bits per heavy atom. The third-order valence-electron chi connectivity index (χ3n) is 3.50. The predicted molar refractivity (Wildman–Crippen MR) is 67.9 cm³/mol. The van der Waals surface area contributed by atoms with Gasteiger partial charge in [-0.2, -0.15) is 0 Å². The SMILES string of the molecule is CC(C)CCCC(C)C(C)CC(C)CO. The molecule has 0 aromatic carbocycles. The maximum Gasteiger partial charge on any atom is 0.0456 e. The van der Waals surface area contributed by atoms with Crippen molar-refractivity contribution in [1.29, 1.82) is 0 Å². The van der Waals surface area contributed by atoms with Crippen LogP contribution >= 0.6 is 0 Å². The topological polar surface area (TPSA) is 20.2 Å². The zero-order valence-corrected chi connectivity index (χ0v) is 11.3. The van der Waals surface area contributed by atoms with Gasteiger partial charge < -0.3 is 5.11 Å². The largest absolute Gasteiger partial charge is 0.396 e. The van der Waals surface area contributed by atoms with Crippen LogP contribution in [0.3, 0.4) is 0 Å². The Balaban J connectivity index is 3.64. The van der Waals surface area contributed by atoms with E-state index in [0.717, 1.165) is 17.8 Å². The fraction of sp³-hybridized carbons (Fsp3) is 1.00. The summed E-state index contributed by atoms with van der Waals surface area (Å²) in [5, 5.41) is 9.01. The van der Waals surface area contributed by atoms with Crippen molar-refractivity contribution in [2.24, 2.45) is 23.7 Å². The highest BCUT2D eigenvalue weighted by Gasteiger charge is 2.14. The Hall–Kier alpha value is -0.0400. The number of hydrogen-bond acceptors (Lipinski definition) is 1. The fourth-order valence-electron chi connectivity index (χ4n) is 2.07. The average Bonchev–Trinajstić information content (AvgIpc) is 2.16. The summed E-state index contributed by atoms with van der Waals surface area (Å²) in [5.41, 5.74) is 0. The summed E-state index contributed by atoms with van der Waals surface area (Å²) in [5.74, 6) is 2.86. The molecular formula is C14H30O. The first-order chi connectivity index (χ1) is 6.97. The van der Waals surface area contributed by atoms with E-state index in [-0.39, 0.29) is 0 Å². The second-order valence-electron chi connectivity index (χ2n) is 5.80. The highest BCUT2D eigenvalue weighted by molar-refractivity contribution is 4.65. The number of rotatable bonds is 8. The minimum Gasteiger partial charge on any atom is -0.396 e. The summed E-state index contributed by atoms with van der Waals surface area (Å²) in [7, 11) is 0. The smallest absolute Gasteiger partial charge is 0.0456 e. The van der Waals surface area contributed by atoms with E-state index in [4.69, 9.17) is 5.11 Å². The molecule has 0 fully saturated rings. The summed E-state index contributed by atoms with van der Waals surface area (Å²) in [6, 6.07) is 0. The Bertz CT molecular complexity index is 142.